The van der Waals surface area contributed by atoms with E-state index in [1.165, 1.54) is 0 Å². The zero-order chi connectivity index (χ0) is 15.6. The minimum atomic E-state index is -0.493. The maximum atomic E-state index is 12.0. The van der Waals surface area contributed by atoms with Crippen LogP contribution in [-0.4, -0.2) is 35.8 Å². The molecular weight excluding hydrogens is 292 g/mol. The number of benzene rings is 1. The molecule has 1 aromatic carbocycles. The summed E-state index contributed by atoms with van der Waals surface area (Å²) in [6.45, 7) is 6.64. The molecule has 1 amide bonds. The highest BCUT2D eigenvalue weighted by Crippen LogP contribution is 2.29. The Morgan fingerprint density at radius 3 is 2.81 bits per heavy atom. The van der Waals surface area contributed by atoms with Crippen molar-refractivity contribution < 1.29 is 14.3 Å². The van der Waals surface area contributed by atoms with Gasteiger partial charge in [0, 0.05) is 24.7 Å². The van der Waals surface area contributed by atoms with E-state index in [1.807, 2.05) is 20.8 Å². The predicted molar refractivity (Wildman–Crippen MR) is 82.7 cm³/mol. The van der Waals surface area contributed by atoms with E-state index in [9.17, 15) is 4.79 Å². The Bertz CT molecular complexity index is 528. The van der Waals surface area contributed by atoms with Crippen LogP contribution in [0.3, 0.4) is 0 Å². The van der Waals surface area contributed by atoms with E-state index in [0.717, 1.165) is 6.42 Å². The fraction of sp³-hybridized carbons (Fsp3) is 0.533. The van der Waals surface area contributed by atoms with Gasteiger partial charge in [-0.2, -0.15) is 0 Å². The number of carbonyl (C=O) groups is 1. The van der Waals surface area contributed by atoms with E-state index >= 15 is 0 Å². The standard InChI is InChI=1S/C15H21ClN2O3/c1-15(2,3)21-14(19)18-7-6-11(9-18)20-13-8-10(17)4-5-12(13)16/h4-5,8,11H,6-7,9,17H2,1-3H3/t11-/m1/s1. The van der Waals surface area contributed by atoms with Crippen LogP contribution in [-0.2, 0) is 4.74 Å². The molecule has 0 bridgehead atoms. The summed E-state index contributed by atoms with van der Waals surface area (Å²) in [5.74, 6) is 0.549. The van der Waals surface area contributed by atoms with Crippen molar-refractivity contribution in [3.63, 3.8) is 0 Å². The molecule has 0 spiro atoms. The van der Waals surface area contributed by atoms with Gasteiger partial charge in [-0.3, -0.25) is 0 Å². The van der Waals surface area contributed by atoms with Crippen LogP contribution in [0.4, 0.5) is 10.5 Å². The summed E-state index contributed by atoms with van der Waals surface area (Å²) in [5, 5.41) is 0.514. The second-order valence-electron chi connectivity index (χ2n) is 6.14. The summed E-state index contributed by atoms with van der Waals surface area (Å²) in [4.78, 5) is 13.6. The highest BCUT2D eigenvalue weighted by atomic mass is 35.5. The first-order valence-electron chi connectivity index (χ1n) is 6.94. The van der Waals surface area contributed by atoms with Gasteiger partial charge in [-0.1, -0.05) is 11.6 Å². The minimum absolute atomic E-state index is 0.100. The van der Waals surface area contributed by atoms with Crippen LogP contribution in [0, 0.1) is 0 Å². The molecule has 1 fully saturated rings. The van der Waals surface area contributed by atoms with Crippen molar-refractivity contribution in [3.8, 4) is 5.75 Å². The SMILES string of the molecule is CC(C)(C)OC(=O)N1CC[C@@H](Oc2cc(N)ccc2Cl)C1. The fourth-order valence-electron chi connectivity index (χ4n) is 2.11. The molecule has 1 aromatic rings. The Morgan fingerprint density at radius 1 is 1.43 bits per heavy atom. The first-order chi connectivity index (χ1) is 9.74. The molecule has 2 rings (SSSR count). The molecule has 0 aromatic heterocycles. The van der Waals surface area contributed by atoms with E-state index in [-0.39, 0.29) is 12.2 Å². The number of anilines is 1. The lowest BCUT2D eigenvalue weighted by atomic mass is 10.2. The van der Waals surface area contributed by atoms with Gasteiger partial charge in [-0.05, 0) is 32.9 Å². The molecule has 6 heteroatoms. The van der Waals surface area contributed by atoms with Gasteiger partial charge < -0.3 is 20.1 Å². The van der Waals surface area contributed by atoms with Gasteiger partial charge in [0.2, 0.25) is 0 Å². The molecule has 116 valence electrons. The molecule has 0 unspecified atom stereocenters. The molecule has 0 aliphatic carbocycles. The van der Waals surface area contributed by atoms with E-state index < -0.39 is 5.60 Å². The Balaban J connectivity index is 1.93. The normalized spacial score (nSPS) is 18.7. The van der Waals surface area contributed by atoms with Crippen molar-refractivity contribution in [1.82, 2.24) is 4.90 Å². The molecule has 1 aliphatic heterocycles. The van der Waals surface area contributed by atoms with Gasteiger partial charge in [-0.15, -0.1) is 0 Å². The number of carbonyl (C=O) groups excluding carboxylic acids is 1. The third kappa shape index (κ3) is 4.43. The third-order valence-electron chi connectivity index (χ3n) is 3.05. The van der Waals surface area contributed by atoms with Gasteiger partial charge in [0.25, 0.3) is 0 Å². The summed E-state index contributed by atoms with van der Waals surface area (Å²) < 4.78 is 11.2. The Morgan fingerprint density at radius 2 is 2.14 bits per heavy atom. The number of rotatable bonds is 2. The van der Waals surface area contributed by atoms with Gasteiger partial charge in [0.05, 0.1) is 11.6 Å². The lowest BCUT2D eigenvalue weighted by molar-refractivity contribution is 0.0276. The van der Waals surface area contributed by atoms with Gasteiger partial charge in [-0.25, -0.2) is 4.79 Å². The van der Waals surface area contributed by atoms with Crippen LogP contribution < -0.4 is 10.5 Å². The smallest absolute Gasteiger partial charge is 0.410 e. The topological polar surface area (TPSA) is 64.8 Å². The zero-order valence-electron chi connectivity index (χ0n) is 12.6. The molecule has 21 heavy (non-hydrogen) atoms. The monoisotopic (exact) mass is 312 g/mol. The number of halogens is 1. The highest BCUT2D eigenvalue weighted by Gasteiger charge is 2.31. The van der Waals surface area contributed by atoms with E-state index in [4.69, 9.17) is 26.8 Å². The molecule has 2 N–H and O–H groups in total. The van der Waals surface area contributed by atoms with Crippen LogP contribution in [0.2, 0.25) is 5.02 Å². The molecule has 1 heterocycles. The fourth-order valence-corrected chi connectivity index (χ4v) is 2.27. The number of amides is 1. The van der Waals surface area contributed by atoms with Crippen molar-refractivity contribution >= 4 is 23.4 Å². The van der Waals surface area contributed by atoms with Crippen LogP contribution in [0.1, 0.15) is 27.2 Å². The summed E-state index contributed by atoms with van der Waals surface area (Å²) in [6.07, 6.45) is 0.328. The van der Waals surface area contributed by atoms with Crippen molar-refractivity contribution in [1.29, 1.82) is 0 Å². The number of hydrogen-bond donors (Lipinski definition) is 1. The Kier molecular flexibility index (Phi) is 4.52. The van der Waals surface area contributed by atoms with Crippen LogP contribution in [0.5, 0.6) is 5.75 Å². The quantitative estimate of drug-likeness (QED) is 0.851. The summed E-state index contributed by atoms with van der Waals surface area (Å²) in [6, 6.07) is 5.11. The minimum Gasteiger partial charge on any atom is -0.487 e. The van der Waals surface area contributed by atoms with Crippen LogP contribution in [0.25, 0.3) is 0 Å². The first-order valence-corrected chi connectivity index (χ1v) is 7.32. The predicted octanol–water partition coefficient (Wildman–Crippen LogP) is 3.31. The number of hydrogen-bond acceptors (Lipinski definition) is 4. The van der Waals surface area contributed by atoms with Crippen molar-refractivity contribution in [2.24, 2.45) is 0 Å². The maximum absolute atomic E-state index is 12.0. The Labute approximate surface area is 130 Å². The van der Waals surface area contributed by atoms with Gasteiger partial charge in [0.15, 0.2) is 0 Å². The second-order valence-corrected chi connectivity index (χ2v) is 6.55. The van der Waals surface area contributed by atoms with Crippen molar-refractivity contribution in [3.05, 3.63) is 23.2 Å². The summed E-state index contributed by atoms with van der Waals surface area (Å²) in [7, 11) is 0. The second kappa shape index (κ2) is 6.02. The average molecular weight is 313 g/mol. The number of nitrogen functional groups attached to an aromatic ring is 1. The van der Waals surface area contributed by atoms with E-state index in [2.05, 4.69) is 0 Å². The number of likely N-dealkylation sites (tertiary alicyclic amines) is 1. The van der Waals surface area contributed by atoms with Crippen molar-refractivity contribution in [2.75, 3.05) is 18.8 Å². The molecular formula is C15H21ClN2O3. The summed E-state index contributed by atoms with van der Waals surface area (Å²) in [5.41, 5.74) is 5.82. The number of ether oxygens (including phenoxy) is 2. The molecule has 5 nitrogen and oxygen atoms in total. The highest BCUT2D eigenvalue weighted by molar-refractivity contribution is 6.32. The van der Waals surface area contributed by atoms with Crippen molar-refractivity contribution in [2.45, 2.75) is 38.9 Å². The van der Waals surface area contributed by atoms with Crippen LogP contribution >= 0.6 is 11.6 Å². The average Bonchev–Trinajstić information content (AvgIpc) is 2.80. The first kappa shape index (κ1) is 15.8. The molecule has 0 radical (unpaired) electrons. The maximum Gasteiger partial charge on any atom is 0.410 e. The largest absolute Gasteiger partial charge is 0.487 e. The Hall–Kier alpha value is -1.62. The number of nitrogens with zero attached hydrogens (tertiary/aromatic N) is 1. The molecule has 1 saturated heterocycles. The van der Waals surface area contributed by atoms with Gasteiger partial charge in [0.1, 0.15) is 17.5 Å². The summed E-state index contributed by atoms with van der Waals surface area (Å²) >= 11 is 6.07. The number of nitrogens with two attached hydrogens (primary N) is 1. The zero-order valence-corrected chi connectivity index (χ0v) is 13.3. The van der Waals surface area contributed by atoms with Crippen LogP contribution in [0.15, 0.2) is 18.2 Å². The van der Waals surface area contributed by atoms with E-state index in [0.29, 0.717) is 29.5 Å². The lowest BCUT2D eigenvalue weighted by Gasteiger charge is -2.24. The molecule has 0 saturated carbocycles. The third-order valence-corrected chi connectivity index (χ3v) is 3.36. The van der Waals surface area contributed by atoms with E-state index in [1.54, 1.807) is 23.1 Å². The van der Waals surface area contributed by atoms with Gasteiger partial charge >= 0.3 is 6.09 Å². The molecule has 1 aliphatic rings. The lowest BCUT2D eigenvalue weighted by Crippen LogP contribution is -2.36. The molecule has 1 atom stereocenters.